The molecule has 0 aromatic heterocycles. The highest BCUT2D eigenvalue weighted by Gasteiger charge is 2.20. The number of aliphatic hydroxyl groups excluding tert-OH is 1. The van der Waals surface area contributed by atoms with Crippen LogP contribution in [-0.4, -0.2) is 55.3 Å². The monoisotopic (exact) mass is 198 g/mol. The quantitative estimate of drug-likeness (QED) is 0.512. The normalized spacial score (nSPS) is 24.6. The lowest BCUT2D eigenvalue weighted by atomic mass is 10.2. The second-order valence-corrected chi connectivity index (χ2v) is 3.20. The largest absolute Gasteiger partial charge is 0.394 e. The van der Waals surface area contributed by atoms with E-state index in [9.17, 15) is 0 Å². The molecule has 1 fully saturated rings. The highest BCUT2D eigenvalue weighted by molar-refractivity contribution is 5.92. The molecule has 0 saturated carbocycles. The number of aliphatic hydroxyl groups is 1. The van der Waals surface area contributed by atoms with E-state index in [1.807, 2.05) is 19.1 Å². The summed E-state index contributed by atoms with van der Waals surface area (Å²) < 4.78 is 5.36. The van der Waals surface area contributed by atoms with Gasteiger partial charge < -0.3 is 14.7 Å². The van der Waals surface area contributed by atoms with Crippen molar-refractivity contribution < 1.29 is 9.84 Å². The van der Waals surface area contributed by atoms with E-state index >= 15 is 0 Å². The first-order chi connectivity index (χ1) is 6.81. The molecule has 0 aromatic rings. The average molecular weight is 198 g/mol. The van der Waals surface area contributed by atoms with Gasteiger partial charge in [-0.25, -0.2) is 0 Å². The second-order valence-electron chi connectivity index (χ2n) is 3.20. The van der Waals surface area contributed by atoms with Crippen LogP contribution >= 0.6 is 0 Å². The van der Waals surface area contributed by atoms with Crippen LogP contribution in [0.2, 0.25) is 0 Å². The van der Waals surface area contributed by atoms with E-state index in [-0.39, 0.29) is 12.7 Å². The lowest BCUT2D eigenvalue weighted by molar-refractivity contribution is -0.0338. The van der Waals surface area contributed by atoms with E-state index in [4.69, 9.17) is 9.84 Å². The zero-order valence-corrected chi connectivity index (χ0v) is 8.81. The minimum Gasteiger partial charge on any atom is -0.394 e. The first kappa shape index (κ1) is 11.2. The summed E-state index contributed by atoms with van der Waals surface area (Å²) >= 11 is 0. The van der Waals surface area contributed by atoms with Crippen LogP contribution in [0.5, 0.6) is 0 Å². The Morgan fingerprint density at radius 2 is 2.50 bits per heavy atom. The van der Waals surface area contributed by atoms with Crippen molar-refractivity contribution in [1.29, 1.82) is 0 Å². The molecule has 1 aliphatic rings. The lowest BCUT2D eigenvalue weighted by Crippen LogP contribution is -2.46. The summed E-state index contributed by atoms with van der Waals surface area (Å²) in [5.74, 6) is 0.953. The molecule has 1 rings (SSSR count). The molecule has 0 aromatic carbocycles. The summed E-state index contributed by atoms with van der Waals surface area (Å²) in [4.78, 5) is 6.32. The van der Waals surface area contributed by atoms with Crippen LogP contribution < -0.4 is 0 Å². The molecule has 0 amide bonds. The van der Waals surface area contributed by atoms with Gasteiger partial charge in [0.2, 0.25) is 0 Å². The van der Waals surface area contributed by atoms with Crippen LogP contribution in [0.4, 0.5) is 0 Å². The van der Waals surface area contributed by atoms with E-state index < -0.39 is 0 Å². The summed E-state index contributed by atoms with van der Waals surface area (Å²) in [5.41, 5.74) is 0. The van der Waals surface area contributed by atoms with Gasteiger partial charge in [0.25, 0.3) is 0 Å². The SMILES string of the molecule is C/C=C\C(=NC)N1CCOC(CO)C1. The first-order valence-corrected chi connectivity index (χ1v) is 4.88. The fourth-order valence-electron chi connectivity index (χ4n) is 1.51. The molecule has 0 aliphatic carbocycles. The number of nitrogens with zero attached hydrogens (tertiary/aromatic N) is 2. The maximum absolute atomic E-state index is 8.98. The highest BCUT2D eigenvalue weighted by Crippen LogP contribution is 2.06. The lowest BCUT2D eigenvalue weighted by Gasteiger charge is -2.33. The molecule has 1 unspecified atom stereocenters. The molecular weight excluding hydrogens is 180 g/mol. The number of ether oxygens (including phenoxy) is 1. The highest BCUT2D eigenvalue weighted by atomic mass is 16.5. The maximum Gasteiger partial charge on any atom is 0.122 e. The van der Waals surface area contributed by atoms with E-state index in [1.54, 1.807) is 7.05 Å². The predicted octanol–water partition coefficient (Wildman–Crippen LogP) is 0.284. The molecule has 4 heteroatoms. The number of allylic oxidation sites excluding steroid dienone is 1. The fourth-order valence-corrected chi connectivity index (χ4v) is 1.51. The molecule has 1 heterocycles. The van der Waals surface area contributed by atoms with Crippen molar-refractivity contribution in [3.63, 3.8) is 0 Å². The molecule has 1 aliphatic heterocycles. The van der Waals surface area contributed by atoms with Gasteiger partial charge in [-0.05, 0) is 13.0 Å². The summed E-state index contributed by atoms with van der Waals surface area (Å²) in [6, 6.07) is 0. The molecule has 0 bridgehead atoms. The number of amidine groups is 1. The van der Waals surface area contributed by atoms with Crippen LogP contribution in [-0.2, 0) is 4.74 Å². The molecule has 4 nitrogen and oxygen atoms in total. The third-order valence-corrected chi connectivity index (χ3v) is 2.21. The van der Waals surface area contributed by atoms with Gasteiger partial charge in [-0.2, -0.15) is 0 Å². The van der Waals surface area contributed by atoms with Crippen LogP contribution in [0.25, 0.3) is 0 Å². The minimum atomic E-state index is -0.0780. The minimum absolute atomic E-state index is 0.0728. The van der Waals surface area contributed by atoms with Crippen molar-refractivity contribution in [3.8, 4) is 0 Å². The smallest absolute Gasteiger partial charge is 0.122 e. The summed E-state index contributed by atoms with van der Waals surface area (Å²) in [5, 5.41) is 8.98. The van der Waals surface area contributed by atoms with E-state index in [0.717, 1.165) is 12.4 Å². The number of hydrogen-bond acceptors (Lipinski definition) is 3. The van der Waals surface area contributed by atoms with Crippen LogP contribution in [0.3, 0.4) is 0 Å². The maximum atomic E-state index is 8.98. The van der Waals surface area contributed by atoms with E-state index in [0.29, 0.717) is 13.2 Å². The summed E-state index contributed by atoms with van der Waals surface area (Å²) in [7, 11) is 1.78. The third kappa shape index (κ3) is 2.82. The second kappa shape index (κ2) is 5.78. The summed E-state index contributed by atoms with van der Waals surface area (Å²) in [6.45, 7) is 4.25. The Kier molecular flexibility index (Phi) is 4.62. The Balaban J connectivity index is 2.58. The number of hydrogen-bond donors (Lipinski definition) is 1. The average Bonchev–Trinajstić information content (AvgIpc) is 2.26. The van der Waals surface area contributed by atoms with Crippen molar-refractivity contribution >= 4 is 5.84 Å². The van der Waals surface area contributed by atoms with Gasteiger partial charge in [0, 0.05) is 20.1 Å². The third-order valence-electron chi connectivity index (χ3n) is 2.21. The van der Waals surface area contributed by atoms with Gasteiger partial charge in [-0.1, -0.05) is 6.08 Å². The van der Waals surface area contributed by atoms with Crippen molar-refractivity contribution in [1.82, 2.24) is 4.90 Å². The molecular formula is C10H18N2O2. The molecule has 14 heavy (non-hydrogen) atoms. The Labute approximate surface area is 84.9 Å². The molecule has 1 atom stereocenters. The molecule has 0 spiro atoms. The Morgan fingerprint density at radius 1 is 1.71 bits per heavy atom. The van der Waals surface area contributed by atoms with Crippen LogP contribution in [0.15, 0.2) is 17.1 Å². The van der Waals surface area contributed by atoms with E-state index in [2.05, 4.69) is 9.89 Å². The fraction of sp³-hybridized carbons (Fsp3) is 0.700. The Bertz CT molecular complexity index is 226. The molecule has 80 valence electrons. The van der Waals surface area contributed by atoms with Gasteiger partial charge in [0.15, 0.2) is 0 Å². The van der Waals surface area contributed by atoms with E-state index in [1.165, 1.54) is 0 Å². The standard InChI is InChI=1S/C10H18N2O2/c1-3-4-10(11-2)12-5-6-14-9(7-12)8-13/h3-4,9,13H,5-8H2,1-2H3/b4-3-,11-10?. The van der Waals surface area contributed by atoms with Crippen molar-refractivity contribution in [2.45, 2.75) is 13.0 Å². The van der Waals surface area contributed by atoms with Crippen molar-refractivity contribution in [2.24, 2.45) is 4.99 Å². The Hall–Kier alpha value is -0.870. The number of rotatable bonds is 2. The predicted molar refractivity (Wildman–Crippen MR) is 56.6 cm³/mol. The first-order valence-electron chi connectivity index (χ1n) is 4.88. The molecule has 1 N–H and O–H groups in total. The van der Waals surface area contributed by atoms with Gasteiger partial charge in [0.1, 0.15) is 5.84 Å². The molecule has 1 saturated heterocycles. The van der Waals surface area contributed by atoms with Gasteiger partial charge in [0.05, 0.1) is 19.3 Å². The van der Waals surface area contributed by atoms with Crippen molar-refractivity contribution in [3.05, 3.63) is 12.2 Å². The van der Waals surface area contributed by atoms with Gasteiger partial charge in [-0.15, -0.1) is 0 Å². The number of aliphatic imine (C=N–C) groups is 1. The van der Waals surface area contributed by atoms with Gasteiger partial charge in [-0.3, -0.25) is 4.99 Å². The van der Waals surface area contributed by atoms with Crippen LogP contribution in [0.1, 0.15) is 6.92 Å². The Morgan fingerprint density at radius 3 is 3.07 bits per heavy atom. The van der Waals surface area contributed by atoms with Crippen LogP contribution in [0, 0.1) is 0 Å². The molecule has 0 radical (unpaired) electrons. The summed E-state index contributed by atoms with van der Waals surface area (Å²) in [6.07, 6.45) is 3.86. The van der Waals surface area contributed by atoms with Crippen molar-refractivity contribution in [2.75, 3.05) is 33.4 Å². The topological polar surface area (TPSA) is 45.1 Å². The zero-order valence-electron chi connectivity index (χ0n) is 8.81. The zero-order chi connectivity index (χ0) is 10.4. The van der Waals surface area contributed by atoms with Gasteiger partial charge >= 0.3 is 0 Å². The number of morpholine rings is 1.